The average molecular weight is 341 g/mol. The van der Waals surface area contributed by atoms with Crippen molar-refractivity contribution in [3.63, 3.8) is 0 Å². The number of anilines is 1. The first kappa shape index (κ1) is 16.5. The fourth-order valence-corrected chi connectivity index (χ4v) is 3.23. The highest BCUT2D eigenvalue weighted by Gasteiger charge is 2.17. The minimum atomic E-state index is -0.326. The first-order chi connectivity index (χ1) is 11.8. The summed E-state index contributed by atoms with van der Waals surface area (Å²) in [5.74, 6) is 6.03. The quantitative estimate of drug-likeness (QED) is 0.632. The van der Waals surface area contributed by atoms with Gasteiger partial charge in [0.05, 0.1) is 19.2 Å². The average Bonchev–Trinajstić information content (AvgIpc) is 3.17. The molecule has 1 fully saturated rings. The summed E-state index contributed by atoms with van der Waals surface area (Å²) < 4.78 is 4.68. The number of nitrogens with zero attached hydrogens (tertiary/aromatic N) is 3. The SMILES string of the molecule is COC(=O)c1ccc(C#CCN2CCN(c3nccs3)CC2)cc1. The molecule has 6 heteroatoms. The van der Waals surface area contributed by atoms with E-state index in [-0.39, 0.29) is 5.97 Å². The molecule has 3 rings (SSSR count). The molecule has 2 heterocycles. The molecule has 5 nitrogen and oxygen atoms in total. The highest BCUT2D eigenvalue weighted by atomic mass is 32.1. The Morgan fingerprint density at radius 1 is 1.25 bits per heavy atom. The second-order valence-electron chi connectivity index (χ2n) is 5.45. The molecule has 0 aliphatic carbocycles. The van der Waals surface area contributed by atoms with Crippen molar-refractivity contribution < 1.29 is 9.53 Å². The van der Waals surface area contributed by atoms with E-state index in [1.54, 1.807) is 23.5 Å². The van der Waals surface area contributed by atoms with Crippen LogP contribution < -0.4 is 4.90 Å². The number of methoxy groups -OCH3 is 1. The van der Waals surface area contributed by atoms with Crippen molar-refractivity contribution in [2.24, 2.45) is 0 Å². The first-order valence-electron chi connectivity index (χ1n) is 7.80. The largest absolute Gasteiger partial charge is 0.465 e. The van der Waals surface area contributed by atoms with Gasteiger partial charge in [-0.3, -0.25) is 4.90 Å². The van der Waals surface area contributed by atoms with Crippen molar-refractivity contribution in [2.45, 2.75) is 0 Å². The van der Waals surface area contributed by atoms with E-state index >= 15 is 0 Å². The molecule has 124 valence electrons. The second kappa shape index (κ2) is 7.95. The summed E-state index contributed by atoms with van der Waals surface area (Å²) >= 11 is 1.69. The van der Waals surface area contributed by atoms with Gasteiger partial charge in [0.25, 0.3) is 0 Å². The Morgan fingerprint density at radius 3 is 2.62 bits per heavy atom. The van der Waals surface area contributed by atoms with E-state index in [1.807, 2.05) is 23.7 Å². The maximum atomic E-state index is 11.4. The van der Waals surface area contributed by atoms with Crippen molar-refractivity contribution in [3.8, 4) is 11.8 Å². The van der Waals surface area contributed by atoms with E-state index in [4.69, 9.17) is 0 Å². The zero-order valence-electron chi connectivity index (χ0n) is 13.6. The van der Waals surface area contributed by atoms with Crippen molar-refractivity contribution in [3.05, 3.63) is 47.0 Å². The normalized spacial score (nSPS) is 14.8. The summed E-state index contributed by atoms with van der Waals surface area (Å²) in [6.07, 6.45) is 1.85. The lowest BCUT2D eigenvalue weighted by atomic mass is 10.1. The Labute approximate surface area is 145 Å². The van der Waals surface area contributed by atoms with Crippen LogP contribution in [0.15, 0.2) is 35.8 Å². The van der Waals surface area contributed by atoms with Crippen molar-refractivity contribution in [2.75, 3.05) is 44.7 Å². The summed E-state index contributed by atoms with van der Waals surface area (Å²) in [4.78, 5) is 20.4. The molecule has 0 spiro atoms. The van der Waals surface area contributed by atoms with Crippen LogP contribution in [0.25, 0.3) is 0 Å². The smallest absolute Gasteiger partial charge is 0.337 e. The topological polar surface area (TPSA) is 45.7 Å². The fraction of sp³-hybridized carbons (Fsp3) is 0.333. The minimum absolute atomic E-state index is 0.326. The molecule has 0 saturated carbocycles. The zero-order chi connectivity index (χ0) is 16.8. The highest BCUT2D eigenvalue weighted by Crippen LogP contribution is 2.18. The number of hydrogen-bond donors (Lipinski definition) is 0. The molecule has 0 unspecified atom stereocenters. The number of carbonyl (C=O) groups is 1. The van der Waals surface area contributed by atoms with Gasteiger partial charge in [0.15, 0.2) is 5.13 Å². The number of hydrogen-bond acceptors (Lipinski definition) is 6. The van der Waals surface area contributed by atoms with Gasteiger partial charge in [-0.15, -0.1) is 11.3 Å². The zero-order valence-corrected chi connectivity index (χ0v) is 14.4. The third-order valence-electron chi connectivity index (χ3n) is 3.90. The molecule has 0 atom stereocenters. The number of piperazine rings is 1. The van der Waals surface area contributed by atoms with E-state index in [1.165, 1.54) is 7.11 Å². The fourth-order valence-electron chi connectivity index (χ4n) is 2.53. The van der Waals surface area contributed by atoms with Gasteiger partial charge in [-0.05, 0) is 24.3 Å². The van der Waals surface area contributed by atoms with Crippen LogP contribution in [0, 0.1) is 11.8 Å². The molecule has 1 aliphatic heterocycles. The molecule has 0 radical (unpaired) electrons. The van der Waals surface area contributed by atoms with Crippen molar-refractivity contribution in [1.29, 1.82) is 0 Å². The number of carbonyl (C=O) groups excluding carboxylic acids is 1. The molecular weight excluding hydrogens is 322 g/mol. The van der Waals surface area contributed by atoms with Crippen LogP contribution in [0.5, 0.6) is 0 Å². The van der Waals surface area contributed by atoms with E-state index in [0.29, 0.717) is 5.56 Å². The summed E-state index contributed by atoms with van der Waals surface area (Å²) in [5.41, 5.74) is 1.45. The number of aromatic nitrogens is 1. The molecule has 1 aromatic heterocycles. The Hall–Kier alpha value is -2.36. The predicted molar refractivity (Wildman–Crippen MR) is 95.4 cm³/mol. The van der Waals surface area contributed by atoms with Crippen LogP contribution in [0.3, 0.4) is 0 Å². The third kappa shape index (κ3) is 4.13. The summed E-state index contributed by atoms with van der Waals surface area (Å²) in [5, 5.41) is 3.12. The standard InChI is InChI=1S/C18H19N3O2S/c1-23-17(22)16-6-4-15(5-7-16)3-2-9-20-10-12-21(13-11-20)18-19-8-14-24-18/h4-8,14H,9-13H2,1H3. The lowest BCUT2D eigenvalue weighted by Gasteiger charge is -2.33. The molecule has 24 heavy (non-hydrogen) atoms. The van der Waals surface area contributed by atoms with Gasteiger partial charge in [-0.25, -0.2) is 9.78 Å². The van der Waals surface area contributed by atoms with Crippen LogP contribution in [0.4, 0.5) is 5.13 Å². The van der Waals surface area contributed by atoms with Gasteiger partial charge < -0.3 is 9.64 Å². The molecule has 1 aromatic carbocycles. The van der Waals surface area contributed by atoms with Gasteiger partial charge in [0.1, 0.15) is 0 Å². The Kier molecular flexibility index (Phi) is 5.47. The number of thiazole rings is 1. The van der Waals surface area contributed by atoms with Gasteiger partial charge >= 0.3 is 5.97 Å². The number of rotatable bonds is 3. The van der Waals surface area contributed by atoms with Crippen LogP contribution in [0.2, 0.25) is 0 Å². The summed E-state index contributed by atoms with van der Waals surface area (Å²) in [6.45, 7) is 4.72. The maximum absolute atomic E-state index is 11.4. The second-order valence-corrected chi connectivity index (χ2v) is 6.32. The van der Waals surface area contributed by atoms with Crippen LogP contribution in [-0.2, 0) is 4.74 Å². The maximum Gasteiger partial charge on any atom is 0.337 e. The van der Waals surface area contributed by atoms with Gasteiger partial charge in [0, 0.05) is 43.3 Å². The summed E-state index contributed by atoms with van der Waals surface area (Å²) in [7, 11) is 1.38. The van der Waals surface area contributed by atoms with Crippen LogP contribution >= 0.6 is 11.3 Å². The Balaban J connectivity index is 1.49. The Bertz CT molecular complexity index is 724. The van der Waals surface area contributed by atoms with Gasteiger partial charge in [-0.1, -0.05) is 11.8 Å². The molecular formula is C18H19N3O2S. The van der Waals surface area contributed by atoms with Crippen LogP contribution in [0.1, 0.15) is 15.9 Å². The number of ether oxygens (including phenoxy) is 1. The lowest BCUT2D eigenvalue weighted by Crippen LogP contribution is -2.46. The van der Waals surface area contributed by atoms with Gasteiger partial charge in [0.2, 0.25) is 0 Å². The molecule has 2 aromatic rings. The van der Waals surface area contributed by atoms with Crippen molar-refractivity contribution >= 4 is 22.4 Å². The first-order valence-corrected chi connectivity index (χ1v) is 8.68. The monoisotopic (exact) mass is 341 g/mol. The molecule has 1 aliphatic rings. The molecule has 0 amide bonds. The molecule has 0 bridgehead atoms. The molecule has 0 N–H and O–H groups in total. The minimum Gasteiger partial charge on any atom is -0.465 e. The Morgan fingerprint density at radius 2 is 2.00 bits per heavy atom. The van der Waals surface area contributed by atoms with E-state index < -0.39 is 0 Å². The molecule has 1 saturated heterocycles. The van der Waals surface area contributed by atoms with Crippen LogP contribution in [-0.4, -0.2) is 55.7 Å². The van der Waals surface area contributed by atoms with E-state index in [0.717, 1.165) is 43.4 Å². The number of benzene rings is 1. The third-order valence-corrected chi connectivity index (χ3v) is 4.74. The summed E-state index contributed by atoms with van der Waals surface area (Å²) in [6, 6.07) is 7.17. The lowest BCUT2D eigenvalue weighted by molar-refractivity contribution is 0.0600. The predicted octanol–water partition coefficient (Wildman–Crippen LogP) is 2.10. The number of esters is 1. The van der Waals surface area contributed by atoms with Crippen molar-refractivity contribution in [1.82, 2.24) is 9.88 Å². The highest BCUT2D eigenvalue weighted by molar-refractivity contribution is 7.13. The van der Waals surface area contributed by atoms with Gasteiger partial charge in [-0.2, -0.15) is 0 Å². The van der Waals surface area contributed by atoms with E-state index in [2.05, 4.69) is 31.4 Å². The van der Waals surface area contributed by atoms with E-state index in [9.17, 15) is 4.79 Å².